The summed E-state index contributed by atoms with van der Waals surface area (Å²) in [5, 5.41) is 13.8. The molecule has 7 heteroatoms. The fourth-order valence-corrected chi connectivity index (χ4v) is 2.59. The van der Waals surface area contributed by atoms with Gasteiger partial charge in [0.25, 0.3) is 5.56 Å². The van der Waals surface area contributed by atoms with Gasteiger partial charge in [0.2, 0.25) is 0 Å². The summed E-state index contributed by atoms with van der Waals surface area (Å²) in [7, 11) is 0. The molecule has 3 aromatic rings. The highest BCUT2D eigenvalue weighted by molar-refractivity contribution is 5.79. The quantitative estimate of drug-likeness (QED) is 0.336. The van der Waals surface area contributed by atoms with Gasteiger partial charge in [0.15, 0.2) is 0 Å². The predicted molar refractivity (Wildman–Crippen MR) is 91.7 cm³/mol. The van der Waals surface area contributed by atoms with Crippen LogP contribution < -0.4 is 5.56 Å². The Hall–Kier alpha value is -3.31. The van der Waals surface area contributed by atoms with Crippen LogP contribution in [0.4, 0.5) is 0 Å². The van der Waals surface area contributed by atoms with Gasteiger partial charge in [0.05, 0.1) is 10.9 Å². The fourth-order valence-electron chi connectivity index (χ4n) is 2.59. The van der Waals surface area contributed by atoms with Crippen LogP contribution in [0, 0.1) is 0 Å². The molecule has 1 heterocycles. The van der Waals surface area contributed by atoms with Gasteiger partial charge in [-0.1, -0.05) is 29.4 Å². The van der Waals surface area contributed by atoms with Crippen LogP contribution in [0.5, 0.6) is 5.75 Å². The number of nitrogens with zero attached hydrogens (tertiary/aromatic N) is 5. The third-order valence-corrected chi connectivity index (χ3v) is 3.67. The number of aromatic nitrogens is 2. The number of hydrogen-bond donors (Lipinski definition) is 1. The van der Waals surface area contributed by atoms with E-state index in [0.29, 0.717) is 41.8 Å². The van der Waals surface area contributed by atoms with Crippen LogP contribution in [0.1, 0.15) is 6.42 Å². The molecule has 0 amide bonds. The Bertz CT molecular complexity index is 990. The predicted octanol–water partition coefficient (Wildman–Crippen LogP) is 3.47. The Kier molecular flexibility index (Phi) is 4.45. The normalized spacial score (nSPS) is 10.5. The molecule has 0 aliphatic rings. The summed E-state index contributed by atoms with van der Waals surface area (Å²) in [5.74, 6) is 0.589. The van der Waals surface area contributed by atoms with Crippen LogP contribution in [0.3, 0.4) is 0 Å². The van der Waals surface area contributed by atoms with E-state index in [1.165, 1.54) is 0 Å². The molecule has 2 aromatic carbocycles. The Labute approximate surface area is 137 Å². The second-order valence-corrected chi connectivity index (χ2v) is 5.27. The number of phenolic OH excluding ortho intramolecular Hbond substituents is 1. The zero-order valence-electron chi connectivity index (χ0n) is 12.8. The molecule has 0 saturated heterocycles. The summed E-state index contributed by atoms with van der Waals surface area (Å²) >= 11 is 0. The first kappa shape index (κ1) is 15.6. The van der Waals surface area contributed by atoms with Crippen molar-refractivity contribution in [2.75, 3.05) is 6.54 Å². The van der Waals surface area contributed by atoms with Crippen molar-refractivity contribution in [2.24, 2.45) is 5.11 Å². The highest BCUT2D eigenvalue weighted by Gasteiger charge is 2.12. The number of para-hydroxylation sites is 1. The lowest BCUT2D eigenvalue weighted by Crippen LogP contribution is -2.24. The molecule has 0 fully saturated rings. The number of hydrogen-bond acceptors (Lipinski definition) is 4. The van der Waals surface area contributed by atoms with Gasteiger partial charge >= 0.3 is 0 Å². The lowest BCUT2D eigenvalue weighted by Gasteiger charge is -2.13. The Morgan fingerprint density at radius 2 is 2.04 bits per heavy atom. The molecular weight excluding hydrogens is 306 g/mol. The molecule has 0 aliphatic carbocycles. The van der Waals surface area contributed by atoms with Crippen molar-refractivity contribution in [1.82, 2.24) is 9.55 Å². The maximum Gasteiger partial charge on any atom is 0.261 e. The molecular formula is C17H15N5O2. The second kappa shape index (κ2) is 6.85. The molecule has 7 nitrogen and oxygen atoms in total. The van der Waals surface area contributed by atoms with Crippen molar-refractivity contribution < 1.29 is 5.11 Å². The lowest BCUT2D eigenvalue weighted by atomic mass is 10.1. The van der Waals surface area contributed by atoms with E-state index in [4.69, 9.17) is 5.53 Å². The van der Waals surface area contributed by atoms with Gasteiger partial charge in [0, 0.05) is 23.6 Å². The van der Waals surface area contributed by atoms with Crippen LogP contribution >= 0.6 is 0 Å². The molecule has 0 radical (unpaired) electrons. The first-order chi connectivity index (χ1) is 11.7. The summed E-state index contributed by atoms with van der Waals surface area (Å²) in [6.45, 7) is 0.677. The van der Waals surface area contributed by atoms with E-state index in [0.717, 1.165) is 0 Å². The average Bonchev–Trinajstić information content (AvgIpc) is 2.60. The Balaban J connectivity index is 2.17. The third-order valence-electron chi connectivity index (χ3n) is 3.67. The van der Waals surface area contributed by atoms with Crippen LogP contribution in [0.2, 0.25) is 0 Å². The lowest BCUT2D eigenvalue weighted by molar-refractivity contribution is 0.475. The van der Waals surface area contributed by atoms with Gasteiger partial charge in [-0.05, 0) is 36.2 Å². The first-order valence-electron chi connectivity index (χ1n) is 7.50. The summed E-state index contributed by atoms with van der Waals surface area (Å²) in [6, 6.07) is 13.8. The molecule has 0 aliphatic heterocycles. The molecule has 0 spiro atoms. The molecule has 0 atom stereocenters. The molecule has 1 N–H and O–H groups in total. The molecule has 0 saturated carbocycles. The summed E-state index contributed by atoms with van der Waals surface area (Å²) in [5.41, 5.74) is 9.48. The largest absolute Gasteiger partial charge is 0.508 e. The highest BCUT2D eigenvalue weighted by atomic mass is 16.3. The maximum absolute atomic E-state index is 12.8. The third kappa shape index (κ3) is 3.06. The van der Waals surface area contributed by atoms with Gasteiger partial charge in [0.1, 0.15) is 11.6 Å². The van der Waals surface area contributed by atoms with Crippen molar-refractivity contribution in [1.29, 1.82) is 0 Å². The minimum absolute atomic E-state index is 0.107. The van der Waals surface area contributed by atoms with E-state index in [2.05, 4.69) is 15.0 Å². The molecule has 1 aromatic heterocycles. The van der Waals surface area contributed by atoms with Gasteiger partial charge in [-0.25, -0.2) is 4.98 Å². The van der Waals surface area contributed by atoms with Crippen molar-refractivity contribution in [3.63, 3.8) is 0 Å². The van der Waals surface area contributed by atoms with Crippen LogP contribution in [0.25, 0.3) is 32.7 Å². The Morgan fingerprint density at radius 1 is 1.21 bits per heavy atom. The van der Waals surface area contributed by atoms with Crippen molar-refractivity contribution >= 4 is 10.9 Å². The molecule has 3 rings (SSSR count). The monoisotopic (exact) mass is 321 g/mol. The number of phenols is 1. The zero-order valence-corrected chi connectivity index (χ0v) is 12.8. The van der Waals surface area contributed by atoms with E-state index in [1.807, 2.05) is 6.07 Å². The molecule has 0 bridgehead atoms. The fraction of sp³-hybridized carbons (Fsp3) is 0.176. The standard InChI is InChI=1S/C17H15N5O2/c18-21-19-9-4-10-22-16(12-5-3-6-13(23)11-12)20-15-8-2-1-7-14(15)17(22)24/h1-3,5-8,11,23H,4,9-10H2. The van der Waals surface area contributed by atoms with E-state index in [9.17, 15) is 9.90 Å². The van der Waals surface area contributed by atoms with E-state index in [-0.39, 0.29) is 11.3 Å². The van der Waals surface area contributed by atoms with Crippen LogP contribution in [-0.2, 0) is 6.54 Å². The van der Waals surface area contributed by atoms with Gasteiger partial charge < -0.3 is 5.11 Å². The van der Waals surface area contributed by atoms with Crippen LogP contribution in [0.15, 0.2) is 58.4 Å². The zero-order chi connectivity index (χ0) is 16.9. The molecule has 24 heavy (non-hydrogen) atoms. The van der Waals surface area contributed by atoms with Crippen LogP contribution in [-0.4, -0.2) is 21.2 Å². The number of fused-ring (bicyclic) bond motifs is 1. The number of benzene rings is 2. The minimum atomic E-state index is -0.153. The van der Waals surface area contributed by atoms with Gasteiger partial charge in [-0.15, -0.1) is 0 Å². The number of rotatable bonds is 5. The summed E-state index contributed by atoms with van der Waals surface area (Å²) in [4.78, 5) is 20.1. The SMILES string of the molecule is [N-]=[N+]=NCCCn1c(-c2cccc(O)c2)nc2ccccc2c1=O. The smallest absolute Gasteiger partial charge is 0.261 e. The van der Waals surface area contributed by atoms with Gasteiger partial charge in [-0.2, -0.15) is 0 Å². The molecule has 120 valence electrons. The summed E-state index contributed by atoms with van der Waals surface area (Å²) < 4.78 is 1.56. The topological polar surface area (TPSA) is 104 Å². The highest BCUT2D eigenvalue weighted by Crippen LogP contribution is 2.22. The maximum atomic E-state index is 12.8. The van der Waals surface area contributed by atoms with Crippen molar-refractivity contribution in [2.45, 2.75) is 13.0 Å². The first-order valence-corrected chi connectivity index (χ1v) is 7.50. The van der Waals surface area contributed by atoms with E-state index >= 15 is 0 Å². The van der Waals surface area contributed by atoms with Crippen molar-refractivity contribution in [3.05, 3.63) is 69.3 Å². The van der Waals surface area contributed by atoms with Gasteiger partial charge in [-0.3, -0.25) is 9.36 Å². The van der Waals surface area contributed by atoms with Crippen molar-refractivity contribution in [3.8, 4) is 17.1 Å². The number of aromatic hydroxyl groups is 1. The second-order valence-electron chi connectivity index (χ2n) is 5.27. The molecule has 0 unspecified atom stereocenters. The Morgan fingerprint density at radius 3 is 2.83 bits per heavy atom. The number of azide groups is 1. The summed E-state index contributed by atoms with van der Waals surface area (Å²) in [6.07, 6.45) is 0.524. The van der Waals surface area contributed by atoms with E-state index < -0.39 is 0 Å². The van der Waals surface area contributed by atoms with E-state index in [1.54, 1.807) is 47.0 Å². The average molecular weight is 321 g/mol. The minimum Gasteiger partial charge on any atom is -0.508 e.